The van der Waals surface area contributed by atoms with E-state index in [1.165, 1.54) is 0 Å². The minimum atomic E-state index is -0.0110. The molecule has 94 valence electrons. The van der Waals surface area contributed by atoms with Crippen LogP contribution in [0.3, 0.4) is 0 Å². The van der Waals surface area contributed by atoms with Crippen LogP contribution in [0.15, 0.2) is 18.3 Å². The molecule has 0 amide bonds. The highest BCUT2D eigenvalue weighted by molar-refractivity contribution is 5.45. The zero-order valence-electron chi connectivity index (χ0n) is 10.8. The summed E-state index contributed by atoms with van der Waals surface area (Å²) >= 11 is 0. The number of hydrogen-bond donors (Lipinski definition) is 1. The van der Waals surface area contributed by atoms with E-state index in [0.717, 1.165) is 24.4 Å². The van der Waals surface area contributed by atoms with Gasteiger partial charge in [-0.15, -0.1) is 0 Å². The molecule has 0 radical (unpaired) electrons. The molecule has 17 heavy (non-hydrogen) atoms. The van der Waals surface area contributed by atoms with Crippen molar-refractivity contribution in [1.82, 2.24) is 4.98 Å². The molecule has 4 heteroatoms. The molecule has 2 N–H and O–H groups in total. The second kappa shape index (κ2) is 5.02. The normalized spacial score (nSPS) is 25.9. The first-order valence-electron chi connectivity index (χ1n) is 6.15. The second-order valence-electron chi connectivity index (χ2n) is 4.77. The van der Waals surface area contributed by atoms with Crippen LogP contribution in [0.25, 0.3) is 0 Å². The van der Waals surface area contributed by atoms with E-state index in [4.69, 9.17) is 10.5 Å². The smallest absolute Gasteiger partial charge is 0.0750 e. The molecule has 0 aromatic carbocycles. The predicted molar refractivity (Wildman–Crippen MR) is 69.1 cm³/mol. The molecule has 1 aromatic rings. The Morgan fingerprint density at radius 2 is 2.29 bits per heavy atom. The molecule has 2 rings (SSSR count). The average molecular weight is 235 g/mol. The summed E-state index contributed by atoms with van der Waals surface area (Å²) < 4.78 is 5.59. The third-order valence-electron chi connectivity index (χ3n) is 3.48. The molecule has 1 aromatic heterocycles. The lowest BCUT2D eigenvalue weighted by atomic mass is 10.1. The molecular weight excluding hydrogens is 214 g/mol. The highest BCUT2D eigenvalue weighted by Crippen LogP contribution is 2.24. The lowest BCUT2D eigenvalue weighted by molar-refractivity contribution is 0.118. The Kier molecular flexibility index (Phi) is 3.64. The molecule has 0 spiro atoms. The zero-order valence-corrected chi connectivity index (χ0v) is 10.8. The first-order chi connectivity index (χ1) is 8.09. The van der Waals surface area contributed by atoms with Gasteiger partial charge in [-0.1, -0.05) is 0 Å². The van der Waals surface area contributed by atoms with E-state index in [2.05, 4.69) is 29.9 Å². The van der Waals surface area contributed by atoms with Gasteiger partial charge in [-0.3, -0.25) is 4.98 Å². The highest BCUT2D eigenvalue weighted by atomic mass is 16.5. The molecule has 1 aliphatic heterocycles. The quantitative estimate of drug-likeness (QED) is 0.866. The van der Waals surface area contributed by atoms with Gasteiger partial charge in [-0.2, -0.15) is 0 Å². The van der Waals surface area contributed by atoms with Gasteiger partial charge in [0.05, 0.1) is 29.7 Å². The zero-order chi connectivity index (χ0) is 12.4. The van der Waals surface area contributed by atoms with Gasteiger partial charge in [0.2, 0.25) is 0 Å². The van der Waals surface area contributed by atoms with E-state index in [9.17, 15) is 0 Å². The van der Waals surface area contributed by atoms with Gasteiger partial charge in [0.1, 0.15) is 0 Å². The van der Waals surface area contributed by atoms with E-state index < -0.39 is 0 Å². The Balaban J connectivity index is 2.11. The third kappa shape index (κ3) is 2.58. The van der Waals surface area contributed by atoms with Gasteiger partial charge >= 0.3 is 0 Å². The molecule has 0 saturated carbocycles. The van der Waals surface area contributed by atoms with Crippen molar-refractivity contribution in [2.75, 3.05) is 18.6 Å². The molecule has 1 saturated heterocycles. The van der Waals surface area contributed by atoms with Crippen LogP contribution in [0.4, 0.5) is 5.69 Å². The summed E-state index contributed by atoms with van der Waals surface area (Å²) in [5.74, 6) is 0. The topological polar surface area (TPSA) is 51.4 Å². The van der Waals surface area contributed by atoms with Crippen molar-refractivity contribution in [3.8, 4) is 0 Å². The largest absolute Gasteiger partial charge is 0.376 e. The minimum absolute atomic E-state index is 0.0110. The first-order valence-corrected chi connectivity index (χ1v) is 6.15. The SMILES string of the molecule is CC1OCCC1N(C)c1ccc([C@@H](C)N)nc1. The van der Waals surface area contributed by atoms with E-state index in [1.807, 2.05) is 19.2 Å². The van der Waals surface area contributed by atoms with Crippen LogP contribution in [0.1, 0.15) is 32.0 Å². The Labute approximate surface area is 103 Å². The fraction of sp³-hybridized carbons (Fsp3) is 0.615. The van der Waals surface area contributed by atoms with Crippen molar-refractivity contribution in [3.05, 3.63) is 24.0 Å². The Morgan fingerprint density at radius 1 is 1.53 bits per heavy atom. The molecule has 2 unspecified atom stereocenters. The summed E-state index contributed by atoms with van der Waals surface area (Å²) in [5, 5.41) is 0. The van der Waals surface area contributed by atoms with Crippen molar-refractivity contribution in [1.29, 1.82) is 0 Å². The van der Waals surface area contributed by atoms with Gasteiger partial charge in [-0.25, -0.2) is 0 Å². The van der Waals surface area contributed by atoms with Crippen LogP contribution in [0.2, 0.25) is 0 Å². The number of nitrogens with zero attached hydrogens (tertiary/aromatic N) is 2. The summed E-state index contributed by atoms with van der Waals surface area (Å²) in [6.45, 7) is 4.91. The van der Waals surface area contributed by atoms with Crippen LogP contribution in [-0.4, -0.2) is 30.8 Å². The fourth-order valence-corrected chi connectivity index (χ4v) is 2.30. The molecule has 1 aliphatic rings. The van der Waals surface area contributed by atoms with E-state index >= 15 is 0 Å². The molecule has 0 aliphatic carbocycles. The lowest BCUT2D eigenvalue weighted by Crippen LogP contribution is -2.36. The summed E-state index contributed by atoms with van der Waals surface area (Å²) in [5.41, 5.74) is 7.84. The average Bonchev–Trinajstić information content (AvgIpc) is 2.74. The highest BCUT2D eigenvalue weighted by Gasteiger charge is 2.28. The van der Waals surface area contributed by atoms with Crippen molar-refractivity contribution >= 4 is 5.69 Å². The summed E-state index contributed by atoms with van der Waals surface area (Å²) in [7, 11) is 2.10. The van der Waals surface area contributed by atoms with Crippen LogP contribution in [0, 0.1) is 0 Å². The number of hydrogen-bond acceptors (Lipinski definition) is 4. The molecule has 2 heterocycles. The number of aromatic nitrogens is 1. The molecular formula is C13H21N3O. The van der Waals surface area contributed by atoms with Crippen LogP contribution in [-0.2, 0) is 4.74 Å². The number of ether oxygens (including phenoxy) is 1. The standard InChI is InChI=1S/C13H21N3O/c1-9(14)12-5-4-11(8-15-12)16(3)13-6-7-17-10(13)2/h4-5,8-10,13H,6-7,14H2,1-3H3/t9-,10?,13?/m1/s1. The van der Waals surface area contributed by atoms with Crippen molar-refractivity contribution in [2.45, 2.75) is 38.5 Å². The van der Waals surface area contributed by atoms with E-state index in [0.29, 0.717) is 6.04 Å². The maximum Gasteiger partial charge on any atom is 0.0750 e. The number of nitrogens with two attached hydrogens (primary N) is 1. The van der Waals surface area contributed by atoms with Crippen molar-refractivity contribution < 1.29 is 4.74 Å². The third-order valence-corrected chi connectivity index (χ3v) is 3.48. The summed E-state index contributed by atoms with van der Waals surface area (Å²) in [4.78, 5) is 6.63. The number of rotatable bonds is 3. The second-order valence-corrected chi connectivity index (χ2v) is 4.77. The Morgan fingerprint density at radius 3 is 2.76 bits per heavy atom. The minimum Gasteiger partial charge on any atom is -0.376 e. The fourth-order valence-electron chi connectivity index (χ4n) is 2.30. The number of pyridine rings is 1. The van der Waals surface area contributed by atoms with Crippen LogP contribution >= 0.6 is 0 Å². The molecule has 3 atom stereocenters. The predicted octanol–water partition coefficient (Wildman–Crippen LogP) is 1.71. The van der Waals surface area contributed by atoms with Crippen molar-refractivity contribution in [3.63, 3.8) is 0 Å². The summed E-state index contributed by atoms with van der Waals surface area (Å²) in [6, 6.07) is 4.51. The Bertz CT molecular complexity index is 363. The molecule has 4 nitrogen and oxygen atoms in total. The maximum atomic E-state index is 5.79. The lowest BCUT2D eigenvalue weighted by Gasteiger charge is -2.28. The van der Waals surface area contributed by atoms with Gasteiger partial charge < -0.3 is 15.4 Å². The maximum absolute atomic E-state index is 5.79. The molecule has 1 fully saturated rings. The Hall–Kier alpha value is -1.13. The van der Waals surface area contributed by atoms with Gasteiger partial charge in [-0.05, 0) is 32.4 Å². The molecule has 0 bridgehead atoms. The van der Waals surface area contributed by atoms with E-state index in [1.54, 1.807) is 0 Å². The number of likely N-dealkylation sites (N-methyl/N-ethyl adjacent to an activating group) is 1. The monoisotopic (exact) mass is 235 g/mol. The van der Waals surface area contributed by atoms with Crippen LogP contribution < -0.4 is 10.6 Å². The van der Waals surface area contributed by atoms with Crippen LogP contribution in [0.5, 0.6) is 0 Å². The first kappa shape index (κ1) is 12.3. The van der Waals surface area contributed by atoms with Gasteiger partial charge in [0.15, 0.2) is 0 Å². The van der Waals surface area contributed by atoms with Gasteiger partial charge in [0, 0.05) is 19.7 Å². The van der Waals surface area contributed by atoms with Crippen molar-refractivity contribution in [2.24, 2.45) is 5.73 Å². The van der Waals surface area contributed by atoms with Gasteiger partial charge in [0.25, 0.3) is 0 Å². The summed E-state index contributed by atoms with van der Waals surface area (Å²) in [6.07, 6.45) is 3.25. The number of anilines is 1. The van der Waals surface area contributed by atoms with E-state index in [-0.39, 0.29) is 12.1 Å².